The number of nitrogens with two attached hydrogens (primary N) is 1. The van der Waals surface area contributed by atoms with Crippen molar-refractivity contribution in [2.75, 3.05) is 6.54 Å². The van der Waals surface area contributed by atoms with Crippen LogP contribution in [-0.2, 0) is 30.4 Å². The molecule has 1 rings (SSSR count). The molecule has 0 saturated heterocycles. The first-order valence-corrected chi connectivity index (χ1v) is 10.0. The Morgan fingerprint density at radius 2 is 1.78 bits per heavy atom. The van der Waals surface area contributed by atoms with Gasteiger partial charge in [-0.1, -0.05) is 13.8 Å². The molecule has 0 bridgehead atoms. The zero-order chi connectivity index (χ0) is 24.3. The molecule has 13 heteroatoms. The van der Waals surface area contributed by atoms with Gasteiger partial charge in [-0.25, -0.2) is 9.78 Å². The maximum absolute atomic E-state index is 12.5. The Kier molecular flexibility index (Phi) is 10.8. The number of carbonyl (C=O) groups is 5. The highest BCUT2D eigenvalue weighted by atomic mass is 16.4. The van der Waals surface area contributed by atoms with Gasteiger partial charge < -0.3 is 36.9 Å². The van der Waals surface area contributed by atoms with Crippen LogP contribution in [0.15, 0.2) is 12.5 Å². The Morgan fingerprint density at radius 1 is 1.09 bits per heavy atom. The fourth-order valence-corrected chi connectivity index (χ4v) is 2.77. The lowest BCUT2D eigenvalue weighted by Crippen LogP contribution is -2.54. The highest BCUT2D eigenvalue weighted by Gasteiger charge is 2.26. The summed E-state index contributed by atoms with van der Waals surface area (Å²) in [6, 6.07) is -3.38. The van der Waals surface area contributed by atoms with E-state index in [4.69, 9.17) is 10.8 Å². The smallest absolute Gasteiger partial charge is 0.326 e. The van der Waals surface area contributed by atoms with Crippen LogP contribution < -0.4 is 21.7 Å². The van der Waals surface area contributed by atoms with Gasteiger partial charge in [0.2, 0.25) is 17.7 Å². The first kappa shape index (κ1) is 26.6. The molecular weight excluding hydrogens is 424 g/mol. The van der Waals surface area contributed by atoms with E-state index >= 15 is 0 Å². The molecule has 3 amide bonds. The molecule has 0 aliphatic rings. The number of aliphatic carboxylic acids is 2. The van der Waals surface area contributed by atoms with E-state index in [1.54, 1.807) is 13.8 Å². The maximum Gasteiger partial charge on any atom is 0.326 e. The molecule has 13 nitrogen and oxygen atoms in total. The predicted octanol–water partition coefficient (Wildman–Crippen LogP) is -1.64. The van der Waals surface area contributed by atoms with Crippen molar-refractivity contribution in [3.05, 3.63) is 18.2 Å². The lowest BCUT2D eigenvalue weighted by atomic mass is 10.0. The standard InChI is InChI=1S/C19H30N6O7/c1-10(2)5-14(19(31)32)24-15(26)8-22-18(30)13(3-4-16(27)28)25-17(29)12(20)6-11-7-21-9-23-11/h7,9-10,12-14H,3-6,8,20H2,1-2H3,(H,21,23)(H,22,30)(H,24,26)(H,25,29)(H,27,28)(H,31,32). The Balaban J connectivity index is 2.67. The average Bonchev–Trinajstić information content (AvgIpc) is 3.20. The van der Waals surface area contributed by atoms with E-state index in [1.165, 1.54) is 12.5 Å². The molecule has 1 aromatic heterocycles. The zero-order valence-corrected chi connectivity index (χ0v) is 18.0. The van der Waals surface area contributed by atoms with Gasteiger partial charge in [0.1, 0.15) is 12.1 Å². The summed E-state index contributed by atoms with van der Waals surface area (Å²) in [5.74, 6) is -4.55. The van der Waals surface area contributed by atoms with Crippen molar-refractivity contribution >= 4 is 29.7 Å². The number of amides is 3. The number of H-pyrrole nitrogens is 1. The molecule has 178 valence electrons. The first-order valence-electron chi connectivity index (χ1n) is 10.0. The third kappa shape index (κ3) is 10.0. The molecule has 1 aromatic rings. The molecule has 0 fully saturated rings. The summed E-state index contributed by atoms with van der Waals surface area (Å²) in [6.45, 7) is 3.06. The molecule has 1 heterocycles. The van der Waals surface area contributed by atoms with E-state index in [-0.39, 0.29) is 25.2 Å². The third-order valence-electron chi connectivity index (χ3n) is 4.37. The van der Waals surface area contributed by atoms with Crippen LogP contribution in [0, 0.1) is 5.92 Å². The van der Waals surface area contributed by atoms with Gasteiger partial charge in [-0.3, -0.25) is 19.2 Å². The van der Waals surface area contributed by atoms with E-state index in [0.29, 0.717) is 5.69 Å². The molecule has 3 unspecified atom stereocenters. The van der Waals surface area contributed by atoms with E-state index < -0.39 is 60.8 Å². The number of carbonyl (C=O) groups excluding carboxylic acids is 3. The Labute approximate surface area is 184 Å². The number of aromatic amines is 1. The number of rotatable bonds is 14. The van der Waals surface area contributed by atoms with Crippen LogP contribution >= 0.6 is 0 Å². The summed E-state index contributed by atoms with van der Waals surface area (Å²) >= 11 is 0. The second kappa shape index (κ2) is 13.0. The lowest BCUT2D eigenvalue weighted by molar-refractivity contribution is -0.142. The van der Waals surface area contributed by atoms with Crippen LogP contribution in [0.5, 0.6) is 0 Å². The molecule has 0 radical (unpaired) electrons. The highest BCUT2D eigenvalue weighted by molar-refractivity contribution is 5.92. The number of hydrogen-bond acceptors (Lipinski definition) is 7. The second-order valence-corrected chi connectivity index (χ2v) is 7.69. The minimum Gasteiger partial charge on any atom is -0.481 e. The molecule has 32 heavy (non-hydrogen) atoms. The van der Waals surface area contributed by atoms with Crippen molar-refractivity contribution in [2.45, 2.75) is 57.7 Å². The number of carboxylic acid groups (broad SMARTS) is 2. The van der Waals surface area contributed by atoms with Crippen molar-refractivity contribution in [3.8, 4) is 0 Å². The largest absolute Gasteiger partial charge is 0.481 e. The number of imidazole rings is 1. The van der Waals surface area contributed by atoms with Crippen molar-refractivity contribution in [1.82, 2.24) is 25.9 Å². The average molecular weight is 454 g/mol. The molecule has 0 spiro atoms. The third-order valence-corrected chi connectivity index (χ3v) is 4.37. The highest BCUT2D eigenvalue weighted by Crippen LogP contribution is 2.05. The number of nitrogens with zero attached hydrogens (tertiary/aromatic N) is 1. The zero-order valence-electron chi connectivity index (χ0n) is 18.0. The lowest BCUT2D eigenvalue weighted by Gasteiger charge is -2.21. The molecule has 0 aliphatic carbocycles. The summed E-state index contributed by atoms with van der Waals surface area (Å²) in [5, 5.41) is 25.1. The van der Waals surface area contributed by atoms with Crippen molar-refractivity contribution in [3.63, 3.8) is 0 Å². The van der Waals surface area contributed by atoms with Crippen molar-refractivity contribution in [2.24, 2.45) is 11.7 Å². The Morgan fingerprint density at radius 3 is 2.31 bits per heavy atom. The van der Waals surface area contributed by atoms with Gasteiger partial charge in [0.15, 0.2) is 0 Å². The van der Waals surface area contributed by atoms with Gasteiger partial charge in [0.25, 0.3) is 0 Å². The summed E-state index contributed by atoms with van der Waals surface area (Å²) in [4.78, 5) is 65.6. The quantitative estimate of drug-likeness (QED) is 0.171. The number of nitrogens with one attached hydrogen (secondary N) is 4. The van der Waals surface area contributed by atoms with Crippen LogP contribution in [-0.4, -0.2) is 74.5 Å². The fraction of sp³-hybridized carbons (Fsp3) is 0.579. The molecule has 0 saturated carbocycles. The molecule has 8 N–H and O–H groups in total. The van der Waals surface area contributed by atoms with Gasteiger partial charge in [-0.15, -0.1) is 0 Å². The van der Waals surface area contributed by atoms with Crippen molar-refractivity contribution < 1.29 is 34.2 Å². The van der Waals surface area contributed by atoms with Crippen LogP contribution in [0.2, 0.25) is 0 Å². The number of hydrogen-bond donors (Lipinski definition) is 7. The van der Waals surface area contributed by atoms with E-state index in [1.807, 2.05) is 0 Å². The minimum atomic E-state index is -1.25. The maximum atomic E-state index is 12.5. The second-order valence-electron chi connectivity index (χ2n) is 7.69. The van der Waals surface area contributed by atoms with Crippen LogP contribution in [0.1, 0.15) is 38.8 Å². The Bertz CT molecular complexity index is 796. The summed E-state index contributed by atoms with van der Waals surface area (Å²) in [6.07, 6.45) is 2.61. The molecular formula is C19H30N6O7. The van der Waals surface area contributed by atoms with E-state index in [0.717, 1.165) is 0 Å². The van der Waals surface area contributed by atoms with Crippen LogP contribution in [0.25, 0.3) is 0 Å². The van der Waals surface area contributed by atoms with Crippen LogP contribution in [0.3, 0.4) is 0 Å². The van der Waals surface area contributed by atoms with Gasteiger partial charge in [0.05, 0.1) is 18.9 Å². The summed E-state index contributed by atoms with van der Waals surface area (Å²) < 4.78 is 0. The normalized spacial score (nSPS) is 13.6. The first-order chi connectivity index (χ1) is 15.0. The predicted molar refractivity (Wildman–Crippen MR) is 111 cm³/mol. The van der Waals surface area contributed by atoms with Gasteiger partial charge in [-0.2, -0.15) is 0 Å². The van der Waals surface area contributed by atoms with Gasteiger partial charge >= 0.3 is 11.9 Å². The molecule has 3 atom stereocenters. The van der Waals surface area contributed by atoms with Gasteiger partial charge in [-0.05, 0) is 18.8 Å². The fourth-order valence-electron chi connectivity index (χ4n) is 2.77. The topological polar surface area (TPSA) is 217 Å². The monoisotopic (exact) mass is 454 g/mol. The number of carboxylic acids is 2. The van der Waals surface area contributed by atoms with E-state index in [9.17, 15) is 29.1 Å². The molecule has 0 aromatic carbocycles. The number of aromatic nitrogens is 2. The summed E-state index contributed by atoms with van der Waals surface area (Å²) in [5.41, 5.74) is 6.43. The molecule has 0 aliphatic heterocycles. The van der Waals surface area contributed by atoms with Gasteiger partial charge in [0, 0.05) is 24.7 Å². The Hall–Kier alpha value is -3.48. The minimum absolute atomic E-state index is 0.0209. The van der Waals surface area contributed by atoms with Crippen LogP contribution in [0.4, 0.5) is 0 Å². The SMILES string of the molecule is CC(C)CC(NC(=O)CNC(=O)C(CCC(=O)O)NC(=O)C(N)Cc1cnc[nH]1)C(=O)O. The van der Waals surface area contributed by atoms with E-state index in [2.05, 4.69) is 25.9 Å². The summed E-state index contributed by atoms with van der Waals surface area (Å²) in [7, 11) is 0. The van der Waals surface area contributed by atoms with Crippen molar-refractivity contribution in [1.29, 1.82) is 0 Å².